The lowest BCUT2D eigenvalue weighted by molar-refractivity contribution is -0.167. The van der Waals surface area contributed by atoms with Gasteiger partial charge in [0.15, 0.2) is 5.79 Å². The standard InChI is InChI=1S/C31H29N3O3/c1-29(2)36-27(30(33-34-32,23-15-7-3-8-16-23)24-17-9-4-10-18-24)28(37-29)31(35,25-19-11-5-12-20-25)26-21-13-6-14-22-26/h3-22,27-28,35H,1-2H3/t27-,28-/m1/s1. The molecule has 4 aromatic carbocycles. The van der Waals surface area contributed by atoms with Gasteiger partial charge in [-0.15, -0.1) is 0 Å². The van der Waals surface area contributed by atoms with E-state index in [0.717, 1.165) is 11.1 Å². The molecule has 37 heavy (non-hydrogen) atoms. The van der Waals surface area contributed by atoms with E-state index in [4.69, 9.17) is 9.47 Å². The fourth-order valence-corrected chi connectivity index (χ4v) is 5.37. The van der Waals surface area contributed by atoms with Gasteiger partial charge in [-0.2, -0.15) is 0 Å². The molecule has 1 heterocycles. The van der Waals surface area contributed by atoms with E-state index in [0.29, 0.717) is 11.1 Å². The third-order valence-electron chi connectivity index (χ3n) is 6.98. The van der Waals surface area contributed by atoms with Crippen molar-refractivity contribution in [2.24, 2.45) is 5.11 Å². The predicted molar refractivity (Wildman–Crippen MR) is 143 cm³/mol. The molecule has 4 aromatic rings. The van der Waals surface area contributed by atoms with E-state index in [9.17, 15) is 10.6 Å². The summed E-state index contributed by atoms with van der Waals surface area (Å²) in [4.78, 5) is 3.32. The van der Waals surface area contributed by atoms with Gasteiger partial charge in [0, 0.05) is 4.91 Å². The molecule has 0 radical (unpaired) electrons. The van der Waals surface area contributed by atoms with Crippen LogP contribution < -0.4 is 0 Å². The summed E-state index contributed by atoms with van der Waals surface area (Å²) < 4.78 is 13.2. The van der Waals surface area contributed by atoms with Gasteiger partial charge in [0.05, 0.1) is 0 Å². The summed E-state index contributed by atoms with van der Waals surface area (Å²) in [6.45, 7) is 3.63. The highest BCUT2D eigenvalue weighted by molar-refractivity contribution is 5.45. The number of azide groups is 1. The van der Waals surface area contributed by atoms with Crippen LogP contribution in [0.25, 0.3) is 10.4 Å². The second-order valence-electron chi connectivity index (χ2n) is 9.66. The quantitative estimate of drug-likeness (QED) is 0.177. The first-order chi connectivity index (χ1) is 17.9. The Balaban J connectivity index is 1.82. The van der Waals surface area contributed by atoms with Gasteiger partial charge in [-0.1, -0.05) is 126 Å². The van der Waals surface area contributed by atoms with Crippen LogP contribution in [0.15, 0.2) is 126 Å². The Morgan fingerprint density at radius 2 is 1.00 bits per heavy atom. The van der Waals surface area contributed by atoms with Crippen molar-refractivity contribution in [2.75, 3.05) is 0 Å². The van der Waals surface area contributed by atoms with E-state index < -0.39 is 29.1 Å². The number of aliphatic hydroxyl groups is 1. The zero-order valence-corrected chi connectivity index (χ0v) is 20.8. The Morgan fingerprint density at radius 1 is 0.649 bits per heavy atom. The first-order valence-electron chi connectivity index (χ1n) is 12.3. The van der Waals surface area contributed by atoms with E-state index in [1.807, 2.05) is 135 Å². The third-order valence-corrected chi connectivity index (χ3v) is 6.98. The minimum Gasteiger partial charge on any atom is -0.378 e. The molecule has 0 spiro atoms. The fourth-order valence-electron chi connectivity index (χ4n) is 5.37. The van der Waals surface area contributed by atoms with Gasteiger partial charge in [-0.3, -0.25) is 0 Å². The summed E-state index contributed by atoms with van der Waals surface area (Å²) in [5.74, 6) is -1.08. The normalized spacial score (nSPS) is 19.2. The summed E-state index contributed by atoms with van der Waals surface area (Å²) in [7, 11) is 0. The lowest BCUT2D eigenvalue weighted by Crippen LogP contribution is -2.54. The van der Waals surface area contributed by atoms with E-state index in [1.54, 1.807) is 0 Å². The van der Waals surface area contributed by atoms with Crippen molar-refractivity contribution in [1.29, 1.82) is 0 Å². The molecule has 1 aliphatic heterocycles. The Bertz CT molecular complexity index is 1290. The van der Waals surface area contributed by atoms with E-state index in [2.05, 4.69) is 10.0 Å². The van der Waals surface area contributed by atoms with Crippen LogP contribution in [0.5, 0.6) is 0 Å². The monoisotopic (exact) mass is 491 g/mol. The molecule has 1 fully saturated rings. The molecule has 1 saturated heterocycles. The lowest BCUT2D eigenvalue weighted by atomic mass is 9.70. The van der Waals surface area contributed by atoms with Gasteiger partial charge in [0.25, 0.3) is 0 Å². The number of ether oxygens (including phenoxy) is 2. The average Bonchev–Trinajstić information content (AvgIpc) is 3.29. The van der Waals surface area contributed by atoms with Crippen molar-refractivity contribution in [3.05, 3.63) is 154 Å². The maximum absolute atomic E-state index is 12.7. The minimum atomic E-state index is -1.62. The number of rotatable bonds is 7. The third kappa shape index (κ3) is 4.31. The molecule has 0 saturated carbocycles. The number of hydrogen-bond donors (Lipinski definition) is 1. The Hall–Kier alpha value is -3.93. The molecule has 5 rings (SSSR count). The SMILES string of the molecule is CC1(C)O[C@@H](C(O)(c2ccccc2)c2ccccc2)[C@H](C(N=[N+]=[N-])(c2ccccc2)c2ccccc2)O1. The average molecular weight is 492 g/mol. The van der Waals surface area contributed by atoms with Crippen LogP contribution in [0.2, 0.25) is 0 Å². The van der Waals surface area contributed by atoms with Crippen LogP contribution in [-0.2, 0) is 20.6 Å². The molecule has 1 N–H and O–H groups in total. The van der Waals surface area contributed by atoms with Crippen LogP contribution in [-0.4, -0.2) is 23.1 Å². The largest absolute Gasteiger partial charge is 0.378 e. The van der Waals surface area contributed by atoms with Crippen molar-refractivity contribution >= 4 is 0 Å². The van der Waals surface area contributed by atoms with Gasteiger partial charge < -0.3 is 14.6 Å². The second kappa shape index (κ2) is 9.85. The van der Waals surface area contributed by atoms with Gasteiger partial charge in [-0.05, 0) is 41.6 Å². The minimum absolute atomic E-state index is 0.647. The van der Waals surface area contributed by atoms with Gasteiger partial charge >= 0.3 is 0 Å². The molecular weight excluding hydrogens is 462 g/mol. The molecule has 0 amide bonds. The molecule has 2 atom stereocenters. The fraction of sp³-hybridized carbons (Fsp3) is 0.226. The lowest BCUT2D eigenvalue weighted by Gasteiger charge is -2.43. The van der Waals surface area contributed by atoms with Crippen molar-refractivity contribution < 1.29 is 14.6 Å². The zero-order chi connectivity index (χ0) is 25.9. The molecule has 0 aliphatic carbocycles. The van der Waals surface area contributed by atoms with Gasteiger partial charge in [0.1, 0.15) is 23.3 Å². The summed E-state index contributed by atoms with van der Waals surface area (Å²) in [6.07, 6.45) is -1.84. The van der Waals surface area contributed by atoms with Crippen LogP contribution in [0.1, 0.15) is 36.1 Å². The smallest absolute Gasteiger partial charge is 0.164 e. The van der Waals surface area contributed by atoms with Crippen molar-refractivity contribution in [3.8, 4) is 0 Å². The van der Waals surface area contributed by atoms with E-state index >= 15 is 0 Å². The van der Waals surface area contributed by atoms with Crippen molar-refractivity contribution in [3.63, 3.8) is 0 Å². The Kier molecular flexibility index (Phi) is 6.59. The van der Waals surface area contributed by atoms with Crippen LogP contribution in [0, 0.1) is 0 Å². The summed E-state index contributed by atoms with van der Waals surface area (Å²) >= 11 is 0. The maximum Gasteiger partial charge on any atom is 0.164 e. The van der Waals surface area contributed by atoms with Gasteiger partial charge in [0.2, 0.25) is 0 Å². The summed E-state index contributed by atoms with van der Waals surface area (Å²) in [5, 5.41) is 17.2. The molecular formula is C31H29N3O3. The van der Waals surface area contributed by atoms with Gasteiger partial charge in [-0.25, -0.2) is 0 Å². The highest BCUT2D eigenvalue weighted by Gasteiger charge is 2.61. The molecule has 0 aromatic heterocycles. The molecule has 0 unspecified atom stereocenters. The zero-order valence-electron chi connectivity index (χ0n) is 20.8. The van der Waals surface area contributed by atoms with Crippen molar-refractivity contribution in [2.45, 2.75) is 43.0 Å². The maximum atomic E-state index is 12.7. The molecule has 186 valence electrons. The van der Waals surface area contributed by atoms with Crippen molar-refractivity contribution in [1.82, 2.24) is 0 Å². The highest BCUT2D eigenvalue weighted by atomic mass is 16.8. The molecule has 0 bridgehead atoms. The van der Waals surface area contributed by atoms with E-state index in [-0.39, 0.29) is 0 Å². The number of nitrogens with zero attached hydrogens (tertiary/aromatic N) is 3. The molecule has 6 heteroatoms. The second-order valence-corrected chi connectivity index (χ2v) is 9.66. The number of hydrogen-bond acceptors (Lipinski definition) is 4. The van der Waals surface area contributed by atoms with E-state index in [1.165, 1.54) is 0 Å². The first kappa shape index (κ1) is 24.8. The predicted octanol–water partition coefficient (Wildman–Crippen LogP) is 6.70. The van der Waals surface area contributed by atoms with Crippen LogP contribution >= 0.6 is 0 Å². The highest BCUT2D eigenvalue weighted by Crippen LogP contribution is 2.51. The molecule has 1 aliphatic rings. The summed E-state index contributed by atoms with van der Waals surface area (Å²) in [5.41, 5.74) is 9.74. The Morgan fingerprint density at radius 3 is 1.38 bits per heavy atom. The Labute approximate surface area is 216 Å². The van der Waals surface area contributed by atoms with Crippen LogP contribution in [0.3, 0.4) is 0 Å². The molecule has 6 nitrogen and oxygen atoms in total. The first-order valence-corrected chi connectivity index (χ1v) is 12.3. The topological polar surface area (TPSA) is 87.5 Å². The number of benzene rings is 4. The summed E-state index contributed by atoms with van der Waals surface area (Å²) in [6, 6.07) is 37.9. The van der Waals surface area contributed by atoms with Crippen LogP contribution in [0.4, 0.5) is 0 Å².